The molecular formula is C14H19NOS. The van der Waals surface area contributed by atoms with Gasteiger partial charge in [0.05, 0.1) is 5.75 Å². The molecule has 1 aromatic rings. The van der Waals surface area contributed by atoms with Gasteiger partial charge >= 0.3 is 0 Å². The molecule has 1 aliphatic heterocycles. The van der Waals surface area contributed by atoms with Crippen LogP contribution in [0.4, 0.5) is 0 Å². The molecule has 92 valence electrons. The standard InChI is InChI=1S/C14H19NOS/c16-14(15-10-6-1-2-7-11-15)12-17-13-8-4-3-5-9-13/h3-5,8-9H,1-2,6-7,10-12H2. The smallest absolute Gasteiger partial charge is 0.232 e. The van der Waals surface area contributed by atoms with E-state index in [4.69, 9.17) is 0 Å². The van der Waals surface area contributed by atoms with Gasteiger partial charge in [-0.2, -0.15) is 0 Å². The van der Waals surface area contributed by atoms with Crippen LogP contribution in [0.3, 0.4) is 0 Å². The van der Waals surface area contributed by atoms with Crippen LogP contribution in [0.15, 0.2) is 35.2 Å². The van der Waals surface area contributed by atoms with E-state index in [0.29, 0.717) is 11.7 Å². The van der Waals surface area contributed by atoms with E-state index in [1.165, 1.54) is 30.6 Å². The normalized spacial score (nSPS) is 16.6. The molecule has 0 radical (unpaired) electrons. The fourth-order valence-electron chi connectivity index (χ4n) is 2.07. The van der Waals surface area contributed by atoms with E-state index in [9.17, 15) is 4.79 Å². The summed E-state index contributed by atoms with van der Waals surface area (Å²) < 4.78 is 0. The first kappa shape index (κ1) is 12.5. The molecule has 1 fully saturated rings. The minimum atomic E-state index is 0.292. The van der Waals surface area contributed by atoms with Gasteiger partial charge in [0.25, 0.3) is 0 Å². The van der Waals surface area contributed by atoms with Gasteiger partial charge in [-0.1, -0.05) is 31.0 Å². The molecule has 2 rings (SSSR count). The number of likely N-dealkylation sites (tertiary alicyclic amines) is 1. The maximum Gasteiger partial charge on any atom is 0.232 e. The van der Waals surface area contributed by atoms with Gasteiger partial charge in [-0.25, -0.2) is 0 Å². The summed E-state index contributed by atoms with van der Waals surface area (Å²) in [5.74, 6) is 0.866. The molecule has 0 aromatic heterocycles. The third-order valence-electron chi connectivity index (χ3n) is 3.06. The predicted molar refractivity (Wildman–Crippen MR) is 72.2 cm³/mol. The first-order chi connectivity index (χ1) is 8.36. The second-order valence-corrected chi connectivity index (χ2v) is 5.45. The van der Waals surface area contributed by atoms with Crippen LogP contribution >= 0.6 is 11.8 Å². The van der Waals surface area contributed by atoms with Crippen LogP contribution in [0, 0.1) is 0 Å². The highest BCUT2D eigenvalue weighted by Gasteiger charge is 2.15. The quantitative estimate of drug-likeness (QED) is 0.767. The van der Waals surface area contributed by atoms with Crippen LogP contribution in [0.25, 0.3) is 0 Å². The second-order valence-electron chi connectivity index (χ2n) is 4.40. The SMILES string of the molecule is O=C(CSc1ccccc1)N1CCCCCC1. The van der Waals surface area contributed by atoms with Gasteiger partial charge in [-0.15, -0.1) is 11.8 Å². The molecule has 0 atom stereocenters. The minimum absolute atomic E-state index is 0.292. The highest BCUT2D eigenvalue weighted by molar-refractivity contribution is 8.00. The second kappa shape index (κ2) is 6.70. The molecule has 1 heterocycles. The monoisotopic (exact) mass is 249 g/mol. The van der Waals surface area contributed by atoms with E-state index in [0.717, 1.165) is 13.1 Å². The Morgan fingerprint density at radius 1 is 1.06 bits per heavy atom. The molecular weight excluding hydrogens is 230 g/mol. The number of hydrogen-bond donors (Lipinski definition) is 0. The molecule has 0 aliphatic carbocycles. The Balaban J connectivity index is 1.80. The summed E-state index contributed by atoms with van der Waals surface area (Å²) in [6, 6.07) is 10.1. The van der Waals surface area contributed by atoms with Crippen molar-refractivity contribution in [2.45, 2.75) is 30.6 Å². The van der Waals surface area contributed by atoms with Crippen molar-refractivity contribution in [1.29, 1.82) is 0 Å². The van der Waals surface area contributed by atoms with Gasteiger partial charge in [-0.3, -0.25) is 4.79 Å². The Kier molecular flexibility index (Phi) is 4.92. The van der Waals surface area contributed by atoms with Crippen molar-refractivity contribution in [3.8, 4) is 0 Å². The number of carbonyl (C=O) groups is 1. The molecule has 1 aliphatic rings. The van der Waals surface area contributed by atoms with Crippen LogP contribution in [0.2, 0.25) is 0 Å². The molecule has 1 amide bonds. The van der Waals surface area contributed by atoms with Gasteiger partial charge < -0.3 is 4.90 Å². The van der Waals surface area contributed by atoms with Crippen molar-refractivity contribution in [1.82, 2.24) is 4.90 Å². The highest BCUT2D eigenvalue weighted by Crippen LogP contribution is 2.18. The maximum atomic E-state index is 12.0. The van der Waals surface area contributed by atoms with Crippen molar-refractivity contribution in [3.05, 3.63) is 30.3 Å². The predicted octanol–water partition coefficient (Wildman–Crippen LogP) is 3.18. The van der Waals surface area contributed by atoms with Crippen molar-refractivity contribution in [2.24, 2.45) is 0 Å². The zero-order chi connectivity index (χ0) is 11.9. The Labute approximate surface area is 107 Å². The van der Waals surface area contributed by atoms with E-state index < -0.39 is 0 Å². The number of hydrogen-bond acceptors (Lipinski definition) is 2. The maximum absolute atomic E-state index is 12.0. The Morgan fingerprint density at radius 2 is 1.71 bits per heavy atom. The lowest BCUT2D eigenvalue weighted by molar-refractivity contribution is -0.128. The zero-order valence-electron chi connectivity index (χ0n) is 10.1. The van der Waals surface area contributed by atoms with Gasteiger partial charge in [0.2, 0.25) is 5.91 Å². The Morgan fingerprint density at radius 3 is 2.35 bits per heavy atom. The average Bonchev–Trinajstić information content (AvgIpc) is 2.66. The van der Waals surface area contributed by atoms with E-state index >= 15 is 0 Å². The molecule has 1 saturated heterocycles. The summed E-state index contributed by atoms with van der Waals surface area (Å²) in [7, 11) is 0. The van der Waals surface area contributed by atoms with Gasteiger partial charge in [0.15, 0.2) is 0 Å². The van der Waals surface area contributed by atoms with Crippen molar-refractivity contribution in [2.75, 3.05) is 18.8 Å². The van der Waals surface area contributed by atoms with Gasteiger partial charge in [-0.05, 0) is 25.0 Å². The third-order valence-corrected chi connectivity index (χ3v) is 4.06. The van der Waals surface area contributed by atoms with Gasteiger partial charge in [0.1, 0.15) is 0 Å². The molecule has 0 bridgehead atoms. The molecule has 0 spiro atoms. The summed E-state index contributed by atoms with van der Waals surface area (Å²) in [6.45, 7) is 1.91. The lowest BCUT2D eigenvalue weighted by Crippen LogP contribution is -2.33. The van der Waals surface area contributed by atoms with Crippen molar-refractivity contribution >= 4 is 17.7 Å². The van der Waals surface area contributed by atoms with Crippen LogP contribution in [0.1, 0.15) is 25.7 Å². The van der Waals surface area contributed by atoms with Crippen LogP contribution in [-0.2, 0) is 4.79 Å². The van der Waals surface area contributed by atoms with Crippen molar-refractivity contribution in [3.63, 3.8) is 0 Å². The van der Waals surface area contributed by atoms with E-state index in [-0.39, 0.29) is 0 Å². The number of nitrogens with zero attached hydrogens (tertiary/aromatic N) is 1. The van der Waals surface area contributed by atoms with E-state index in [1.807, 2.05) is 23.1 Å². The van der Waals surface area contributed by atoms with Crippen LogP contribution < -0.4 is 0 Å². The molecule has 0 saturated carbocycles. The summed E-state index contributed by atoms with van der Waals surface area (Å²) in [6.07, 6.45) is 4.88. The fraction of sp³-hybridized carbons (Fsp3) is 0.500. The number of thioether (sulfide) groups is 1. The number of carbonyl (C=O) groups excluding carboxylic acids is 1. The number of rotatable bonds is 3. The molecule has 0 N–H and O–H groups in total. The summed E-state index contributed by atoms with van der Waals surface area (Å²) in [4.78, 5) is 15.2. The summed E-state index contributed by atoms with van der Waals surface area (Å²) in [5.41, 5.74) is 0. The lowest BCUT2D eigenvalue weighted by atomic mass is 10.2. The van der Waals surface area contributed by atoms with Crippen molar-refractivity contribution < 1.29 is 4.79 Å². The molecule has 1 aromatic carbocycles. The summed E-state index contributed by atoms with van der Waals surface area (Å²) in [5, 5.41) is 0. The number of benzene rings is 1. The molecule has 3 heteroatoms. The van der Waals surface area contributed by atoms with E-state index in [1.54, 1.807) is 11.8 Å². The van der Waals surface area contributed by atoms with Gasteiger partial charge in [0, 0.05) is 18.0 Å². The van der Waals surface area contributed by atoms with E-state index in [2.05, 4.69) is 12.1 Å². The van der Waals surface area contributed by atoms with Crippen LogP contribution in [0.5, 0.6) is 0 Å². The minimum Gasteiger partial charge on any atom is -0.342 e. The topological polar surface area (TPSA) is 20.3 Å². The molecule has 0 unspecified atom stereocenters. The molecule has 17 heavy (non-hydrogen) atoms. The highest BCUT2D eigenvalue weighted by atomic mass is 32.2. The third kappa shape index (κ3) is 4.08. The Hall–Kier alpha value is -0.960. The largest absolute Gasteiger partial charge is 0.342 e. The zero-order valence-corrected chi connectivity index (χ0v) is 10.9. The number of amides is 1. The fourth-order valence-corrected chi connectivity index (χ4v) is 2.90. The molecule has 2 nitrogen and oxygen atoms in total. The summed E-state index contributed by atoms with van der Waals surface area (Å²) >= 11 is 1.64. The lowest BCUT2D eigenvalue weighted by Gasteiger charge is -2.19. The average molecular weight is 249 g/mol. The first-order valence-electron chi connectivity index (χ1n) is 6.32. The van der Waals surface area contributed by atoms with Crippen LogP contribution in [-0.4, -0.2) is 29.6 Å². The Bertz CT molecular complexity index is 344. The first-order valence-corrected chi connectivity index (χ1v) is 7.30.